The van der Waals surface area contributed by atoms with E-state index < -0.39 is 24.4 Å². The third kappa shape index (κ3) is 1.52. The number of hydrogen-bond donors (Lipinski definition) is 4. The van der Waals surface area contributed by atoms with Gasteiger partial charge in [-0.25, -0.2) is 0 Å². The third-order valence-electron chi connectivity index (χ3n) is 1.82. The zero-order chi connectivity index (χ0) is 8.43. The zero-order valence-corrected chi connectivity index (χ0v) is 5.92. The van der Waals surface area contributed by atoms with Crippen molar-refractivity contribution in [2.75, 3.05) is 13.2 Å². The van der Waals surface area contributed by atoms with Crippen LogP contribution in [0.2, 0.25) is 0 Å². The van der Waals surface area contributed by atoms with Crippen molar-refractivity contribution in [1.29, 1.82) is 0 Å². The van der Waals surface area contributed by atoms with Gasteiger partial charge in [-0.05, 0) is 0 Å². The molecule has 1 fully saturated rings. The molecule has 4 atom stereocenters. The van der Waals surface area contributed by atoms with E-state index in [0.29, 0.717) is 0 Å². The van der Waals surface area contributed by atoms with E-state index in [1.807, 2.05) is 0 Å². The van der Waals surface area contributed by atoms with Gasteiger partial charge in [0, 0.05) is 0 Å². The first-order valence-corrected chi connectivity index (χ1v) is 3.44. The summed E-state index contributed by atoms with van der Waals surface area (Å²) < 4.78 is 4.88. The van der Waals surface area contributed by atoms with Crippen LogP contribution in [0.15, 0.2) is 0 Å². The van der Waals surface area contributed by atoms with Crippen LogP contribution in [0.1, 0.15) is 0 Å². The Labute approximate surface area is 63.8 Å². The van der Waals surface area contributed by atoms with Gasteiger partial charge in [-0.15, -0.1) is 0 Å². The Morgan fingerprint density at radius 1 is 0.909 bits per heavy atom. The first-order valence-electron chi connectivity index (χ1n) is 3.44. The average molecular weight is 164 g/mol. The van der Waals surface area contributed by atoms with Crippen molar-refractivity contribution in [3.63, 3.8) is 0 Å². The van der Waals surface area contributed by atoms with Crippen LogP contribution in [-0.4, -0.2) is 58.1 Å². The second kappa shape index (κ2) is 3.46. The smallest absolute Gasteiger partial charge is 0.111 e. The molecule has 66 valence electrons. The molecule has 11 heavy (non-hydrogen) atoms. The van der Waals surface area contributed by atoms with Crippen LogP contribution in [0.5, 0.6) is 0 Å². The van der Waals surface area contributed by atoms with Crippen molar-refractivity contribution < 1.29 is 25.2 Å². The molecule has 0 saturated carbocycles. The van der Waals surface area contributed by atoms with E-state index in [1.165, 1.54) is 0 Å². The Kier molecular flexibility index (Phi) is 2.80. The first-order chi connectivity index (χ1) is 5.20. The van der Waals surface area contributed by atoms with Gasteiger partial charge in [0.1, 0.15) is 24.4 Å². The fourth-order valence-corrected chi connectivity index (χ4v) is 1.13. The van der Waals surface area contributed by atoms with Crippen molar-refractivity contribution >= 4 is 0 Å². The molecule has 1 unspecified atom stereocenters. The van der Waals surface area contributed by atoms with Gasteiger partial charge < -0.3 is 25.2 Å². The van der Waals surface area contributed by atoms with Crippen LogP contribution < -0.4 is 0 Å². The van der Waals surface area contributed by atoms with Gasteiger partial charge in [0.2, 0.25) is 0 Å². The van der Waals surface area contributed by atoms with E-state index >= 15 is 0 Å². The van der Waals surface area contributed by atoms with Crippen LogP contribution in [-0.2, 0) is 4.74 Å². The van der Waals surface area contributed by atoms with Crippen LogP contribution in [0, 0.1) is 0 Å². The second-order valence-electron chi connectivity index (χ2n) is 2.56. The molecule has 4 N–H and O–H groups in total. The molecular weight excluding hydrogens is 152 g/mol. The highest BCUT2D eigenvalue weighted by atomic mass is 16.6. The quantitative estimate of drug-likeness (QED) is 0.361. The van der Waals surface area contributed by atoms with Gasteiger partial charge in [-0.2, -0.15) is 0 Å². The third-order valence-corrected chi connectivity index (χ3v) is 1.82. The Balaban J connectivity index is 2.53. The predicted molar refractivity (Wildman–Crippen MR) is 34.8 cm³/mol. The largest absolute Gasteiger partial charge is 0.394 e. The van der Waals surface area contributed by atoms with Crippen molar-refractivity contribution in [2.45, 2.75) is 24.4 Å². The highest BCUT2D eigenvalue weighted by molar-refractivity contribution is 4.89. The van der Waals surface area contributed by atoms with Crippen LogP contribution in [0.4, 0.5) is 0 Å². The van der Waals surface area contributed by atoms with Gasteiger partial charge in [-0.3, -0.25) is 0 Å². The van der Waals surface area contributed by atoms with E-state index in [2.05, 4.69) is 0 Å². The lowest BCUT2D eigenvalue weighted by molar-refractivity contribution is -0.0395. The molecule has 5 nitrogen and oxygen atoms in total. The summed E-state index contributed by atoms with van der Waals surface area (Å²) in [6.45, 7) is -0.705. The predicted octanol–water partition coefficient (Wildman–Crippen LogP) is -2.54. The zero-order valence-electron chi connectivity index (χ0n) is 5.92. The molecule has 1 heterocycles. The normalized spacial score (nSPS) is 44.7. The Morgan fingerprint density at radius 3 is 1.45 bits per heavy atom. The molecule has 0 aromatic heterocycles. The van der Waals surface area contributed by atoms with Gasteiger partial charge in [0.15, 0.2) is 0 Å². The molecule has 0 radical (unpaired) electrons. The Bertz CT molecular complexity index is 110. The fourth-order valence-electron chi connectivity index (χ4n) is 1.13. The SMILES string of the molecule is OC[C@@H]1O[C@@H](CO)[C@H](O)C1O. The molecular formula is C6H12O5. The van der Waals surface area contributed by atoms with E-state index in [4.69, 9.17) is 25.2 Å². The maximum atomic E-state index is 9.11. The van der Waals surface area contributed by atoms with Gasteiger partial charge in [0.25, 0.3) is 0 Å². The number of ether oxygens (including phenoxy) is 1. The summed E-state index contributed by atoms with van der Waals surface area (Å²) in [5.41, 5.74) is 0. The summed E-state index contributed by atoms with van der Waals surface area (Å²) in [6, 6.07) is 0. The topological polar surface area (TPSA) is 90.2 Å². The maximum Gasteiger partial charge on any atom is 0.111 e. The Morgan fingerprint density at radius 2 is 1.27 bits per heavy atom. The molecule has 1 saturated heterocycles. The average Bonchev–Trinajstić information content (AvgIpc) is 2.30. The fraction of sp³-hybridized carbons (Fsp3) is 1.00. The summed E-state index contributed by atoms with van der Waals surface area (Å²) in [5, 5.41) is 35.4. The minimum absolute atomic E-state index is 0.352. The van der Waals surface area contributed by atoms with Crippen LogP contribution in [0.25, 0.3) is 0 Å². The molecule has 0 aromatic rings. The molecule has 5 heteroatoms. The molecule has 0 spiro atoms. The van der Waals surface area contributed by atoms with Crippen molar-refractivity contribution in [3.05, 3.63) is 0 Å². The minimum atomic E-state index is -1.10. The highest BCUT2D eigenvalue weighted by Crippen LogP contribution is 2.20. The molecule has 1 rings (SSSR count). The summed E-state index contributed by atoms with van der Waals surface area (Å²) in [4.78, 5) is 0. The second-order valence-corrected chi connectivity index (χ2v) is 2.56. The lowest BCUT2D eigenvalue weighted by Crippen LogP contribution is -2.34. The maximum absolute atomic E-state index is 9.11. The molecule has 0 aliphatic carbocycles. The number of aliphatic hydroxyl groups is 4. The monoisotopic (exact) mass is 164 g/mol. The summed E-state index contributed by atoms with van der Waals surface area (Å²) in [5.74, 6) is 0. The van der Waals surface area contributed by atoms with Crippen molar-refractivity contribution in [2.24, 2.45) is 0 Å². The van der Waals surface area contributed by atoms with Gasteiger partial charge >= 0.3 is 0 Å². The standard InChI is InChI=1S/C6H12O5/c7-1-3-5(9)6(10)4(2-8)11-3/h3-10H,1-2H2/t3-,4-,5-,6?/m0/s1. The summed E-state index contributed by atoms with van der Waals surface area (Å²) in [7, 11) is 0. The van der Waals surface area contributed by atoms with Crippen molar-refractivity contribution in [3.8, 4) is 0 Å². The van der Waals surface area contributed by atoms with Crippen LogP contribution in [0.3, 0.4) is 0 Å². The lowest BCUT2D eigenvalue weighted by atomic mass is 10.1. The summed E-state index contributed by atoms with van der Waals surface area (Å²) in [6.07, 6.45) is -3.75. The number of aliphatic hydroxyl groups excluding tert-OH is 4. The molecule has 1 aliphatic heterocycles. The molecule has 1 aliphatic rings. The van der Waals surface area contributed by atoms with Gasteiger partial charge in [0.05, 0.1) is 13.2 Å². The molecule has 0 amide bonds. The number of hydrogen-bond acceptors (Lipinski definition) is 5. The van der Waals surface area contributed by atoms with E-state index in [9.17, 15) is 0 Å². The molecule has 0 aromatic carbocycles. The van der Waals surface area contributed by atoms with E-state index in [0.717, 1.165) is 0 Å². The minimum Gasteiger partial charge on any atom is -0.394 e. The first kappa shape index (κ1) is 8.89. The van der Waals surface area contributed by atoms with E-state index in [1.54, 1.807) is 0 Å². The summed E-state index contributed by atoms with van der Waals surface area (Å²) >= 11 is 0. The van der Waals surface area contributed by atoms with Gasteiger partial charge in [-0.1, -0.05) is 0 Å². The van der Waals surface area contributed by atoms with E-state index in [-0.39, 0.29) is 13.2 Å². The Hall–Kier alpha value is -0.200. The highest BCUT2D eigenvalue weighted by Gasteiger charge is 2.41. The number of rotatable bonds is 2. The lowest BCUT2D eigenvalue weighted by Gasteiger charge is -2.10. The molecule has 0 bridgehead atoms. The van der Waals surface area contributed by atoms with Crippen LogP contribution >= 0.6 is 0 Å². The van der Waals surface area contributed by atoms with Crippen molar-refractivity contribution in [1.82, 2.24) is 0 Å².